The van der Waals surface area contributed by atoms with Crippen LogP contribution < -0.4 is 21.3 Å². The van der Waals surface area contributed by atoms with Crippen LogP contribution in [-0.4, -0.2) is 89.4 Å². The van der Waals surface area contributed by atoms with Crippen LogP contribution in [0.4, 0.5) is 16.0 Å². The van der Waals surface area contributed by atoms with Crippen molar-refractivity contribution in [1.82, 2.24) is 30.4 Å². The highest BCUT2D eigenvalue weighted by molar-refractivity contribution is 6.32. The monoisotopic (exact) mass is 559 g/mol. The van der Waals surface area contributed by atoms with E-state index in [1.165, 1.54) is 13.1 Å². The Balaban J connectivity index is 1.38. The van der Waals surface area contributed by atoms with E-state index < -0.39 is 5.91 Å². The molecule has 0 aliphatic carbocycles. The molecule has 0 radical (unpaired) electrons. The number of hydrogen-bond acceptors (Lipinski definition) is 8. The van der Waals surface area contributed by atoms with Crippen LogP contribution in [0.5, 0.6) is 0 Å². The minimum Gasteiger partial charge on any atom is -0.382 e. The number of piperazine rings is 1. The van der Waals surface area contributed by atoms with E-state index in [1.807, 2.05) is 9.80 Å². The lowest BCUT2D eigenvalue weighted by Gasteiger charge is -2.47. The van der Waals surface area contributed by atoms with Crippen LogP contribution in [0.2, 0.25) is 5.15 Å². The van der Waals surface area contributed by atoms with Crippen LogP contribution in [0.3, 0.4) is 0 Å². The second-order valence-electron chi connectivity index (χ2n) is 9.88. The summed E-state index contributed by atoms with van der Waals surface area (Å²) < 4.78 is 14.0. The van der Waals surface area contributed by atoms with Crippen molar-refractivity contribution in [2.75, 3.05) is 50.4 Å². The Bertz CT molecular complexity index is 1250. The average molecular weight is 560 g/mol. The highest BCUT2D eigenvalue weighted by Crippen LogP contribution is 2.30. The standard InChI is InChI=1S/C26H35ClFN9O2/c1-4-17-14-36(23-21(27)32-20(22(29)33-23)24(38)34-26(30)31-3)11-12-37(17)18-7-9-35(10-8-18)25(39)16-6-5-15(2)19(28)13-16/h5-6,13,17-18H,4,7-12,14H2,1-3H3,(H2,29,33)(H3,30,31,34,38)/t17-/m0/s1. The van der Waals surface area contributed by atoms with Crippen LogP contribution in [0.25, 0.3) is 0 Å². The van der Waals surface area contributed by atoms with Crippen molar-refractivity contribution in [3.63, 3.8) is 0 Å². The van der Waals surface area contributed by atoms with Crippen molar-refractivity contribution in [2.24, 2.45) is 0 Å². The van der Waals surface area contributed by atoms with Gasteiger partial charge in [0.15, 0.2) is 28.4 Å². The maximum Gasteiger partial charge on any atom is 0.280 e. The Morgan fingerprint density at radius 2 is 1.92 bits per heavy atom. The number of carbonyl (C=O) groups excluding carboxylic acids is 2. The normalized spacial score (nSPS) is 18.6. The van der Waals surface area contributed by atoms with Crippen molar-refractivity contribution < 1.29 is 14.0 Å². The SMILES string of the molecule is CC[C@H]1CN(c2nc(N)c(C(=O)NC(=N)NC)nc2Cl)CCN1C1CCN(C(=O)c2ccc(C)c(F)c2)CC1. The molecule has 1 aromatic heterocycles. The van der Waals surface area contributed by atoms with Gasteiger partial charge in [-0.15, -0.1) is 0 Å². The molecule has 0 unspecified atom stereocenters. The van der Waals surface area contributed by atoms with E-state index in [9.17, 15) is 14.0 Å². The summed E-state index contributed by atoms with van der Waals surface area (Å²) in [5.74, 6) is -0.980. The third-order valence-corrected chi connectivity index (χ3v) is 7.76. The number of likely N-dealkylation sites (tertiary alicyclic amines) is 1. The summed E-state index contributed by atoms with van der Waals surface area (Å²) in [5.41, 5.74) is 6.82. The van der Waals surface area contributed by atoms with Crippen molar-refractivity contribution >= 4 is 41.0 Å². The number of hydrogen-bond donors (Lipinski definition) is 4. The van der Waals surface area contributed by atoms with Gasteiger partial charge in [-0.3, -0.25) is 25.2 Å². The summed E-state index contributed by atoms with van der Waals surface area (Å²) in [4.78, 5) is 40.2. The number of halogens is 2. The number of piperidine rings is 1. The first-order chi connectivity index (χ1) is 18.6. The minimum atomic E-state index is -0.665. The molecule has 210 valence electrons. The second-order valence-corrected chi connectivity index (χ2v) is 10.2. The number of nitrogens with zero attached hydrogens (tertiary/aromatic N) is 5. The van der Waals surface area contributed by atoms with E-state index in [1.54, 1.807) is 19.1 Å². The van der Waals surface area contributed by atoms with Gasteiger partial charge in [0.05, 0.1) is 0 Å². The molecule has 1 aromatic carbocycles. The number of amides is 2. The summed E-state index contributed by atoms with van der Waals surface area (Å²) in [6.45, 7) is 7.17. The molecule has 2 aliphatic rings. The molecule has 4 rings (SSSR count). The largest absolute Gasteiger partial charge is 0.382 e. The number of guanidine groups is 1. The lowest BCUT2D eigenvalue weighted by atomic mass is 9.97. The molecule has 2 saturated heterocycles. The number of nitrogen functional groups attached to an aromatic ring is 1. The zero-order valence-electron chi connectivity index (χ0n) is 22.4. The Hall–Kier alpha value is -3.51. The Kier molecular flexibility index (Phi) is 8.86. The first-order valence-electron chi connectivity index (χ1n) is 13.1. The van der Waals surface area contributed by atoms with Gasteiger partial charge in [0.1, 0.15) is 5.82 Å². The molecule has 2 fully saturated rings. The first-order valence-corrected chi connectivity index (χ1v) is 13.5. The second kappa shape index (κ2) is 12.1. The molecular weight excluding hydrogens is 525 g/mol. The van der Waals surface area contributed by atoms with Gasteiger partial charge < -0.3 is 20.9 Å². The molecule has 0 saturated carbocycles. The molecule has 2 amide bonds. The Labute approximate surface area is 232 Å². The van der Waals surface area contributed by atoms with E-state index >= 15 is 0 Å². The third-order valence-electron chi connectivity index (χ3n) is 7.51. The first kappa shape index (κ1) is 28.5. The van der Waals surface area contributed by atoms with Crippen molar-refractivity contribution in [2.45, 2.75) is 45.2 Å². The van der Waals surface area contributed by atoms with Gasteiger partial charge in [0.2, 0.25) is 0 Å². The predicted octanol–water partition coefficient (Wildman–Crippen LogP) is 2.25. The Morgan fingerprint density at radius 1 is 1.21 bits per heavy atom. The maximum atomic E-state index is 14.0. The third kappa shape index (κ3) is 6.22. The lowest BCUT2D eigenvalue weighted by molar-refractivity contribution is 0.0490. The summed E-state index contributed by atoms with van der Waals surface area (Å²) in [6.07, 6.45) is 2.59. The van der Waals surface area contributed by atoms with Gasteiger partial charge in [0.25, 0.3) is 11.8 Å². The molecule has 0 bridgehead atoms. The molecule has 2 aliphatic heterocycles. The van der Waals surface area contributed by atoms with E-state index in [4.69, 9.17) is 22.7 Å². The van der Waals surface area contributed by atoms with Gasteiger partial charge in [-0.25, -0.2) is 14.4 Å². The number of aromatic nitrogens is 2. The zero-order valence-corrected chi connectivity index (χ0v) is 23.2. The molecule has 11 nitrogen and oxygen atoms in total. The maximum absolute atomic E-state index is 14.0. The van der Waals surface area contributed by atoms with Crippen LogP contribution in [0.1, 0.15) is 52.6 Å². The fourth-order valence-corrected chi connectivity index (χ4v) is 5.48. The van der Waals surface area contributed by atoms with E-state index in [0.717, 1.165) is 25.8 Å². The number of rotatable bonds is 5. The van der Waals surface area contributed by atoms with Gasteiger partial charge in [-0.05, 0) is 43.9 Å². The minimum absolute atomic E-state index is 0.0585. The summed E-state index contributed by atoms with van der Waals surface area (Å²) in [6, 6.07) is 5.21. The fourth-order valence-electron chi connectivity index (χ4n) is 5.24. The number of anilines is 2. The van der Waals surface area contributed by atoms with Gasteiger partial charge in [0, 0.05) is 57.4 Å². The van der Waals surface area contributed by atoms with Gasteiger partial charge in [-0.1, -0.05) is 24.6 Å². The number of nitrogens with two attached hydrogens (primary N) is 1. The highest BCUT2D eigenvalue weighted by atomic mass is 35.5. The summed E-state index contributed by atoms with van der Waals surface area (Å²) in [5, 5.41) is 12.5. The van der Waals surface area contributed by atoms with Gasteiger partial charge >= 0.3 is 0 Å². The Morgan fingerprint density at radius 3 is 2.56 bits per heavy atom. The molecule has 2 aromatic rings. The molecule has 13 heteroatoms. The van der Waals surface area contributed by atoms with E-state index in [-0.39, 0.29) is 40.4 Å². The van der Waals surface area contributed by atoms with Gasteiger partial charge in [-0.2, -0.15) is 0 Å². The van der Waals surface area contributed by atoms with Crippen LogP contribution in [0.15, 0.2) is 18.2 Å². The average Bonchev–Trinajstić information content (AvgIpc) is 2.94. The summed E-state index contributed by atoms with van der Waals surface area (Å²) in [7, 11) is 1.51. The van der Waals surface area contributed by atoms with Crippen molar-refractivity contribution in [1.29, 1.82) is 5.41 Å². The van der Waals surface area contributed by atoms with Crippen LogP contribution >= 0.6 is 11.6 Å². The lowest BCUT2D eigenvalue weighted by Crippen LogP contribution is -2.58. The molecular formula is C26H35ClFN9O2. The highest BCUT2D eigenvalue weighted by Gasteiger charge is 2.35. The molecule has 5 N–H and O–H groups in total. The quantitative estimate of drug-likeness (QED) is 0.322. The van der Waals surface area contributed by atoms with E-state index in [2.05, 4.69) is 32.4 Å². The van der Waals surface area contributed by atoms with Crippen LogP contribution in [0, 0.1) is 18.2 Å². The molecule has 0 spiro atoms. The van der Waals surface area contributed by atoms with E-state index in [0.29, 0.717) is 49.2 Å². The van der Waals surface area contributed by atoms with Crippen LogP contribution in [-0.2, 0) is 0 Å². The number of aryl methyl sites for hydroxylation is 1. The van der Waals surface area contributed by atoms with Crippen molar-refractivity contribution in [3.05, 3.63) is 46.0 Å². The molecule has 1 atom stereocenters. The number of carbonyl (C=O) groups is 2. The fraction of sp³-hybridized carbons (Fsp3) is 0.500. The number of benzene rings is 1. The zero-order chi connectivity index (χ0) is 28.3. The van der Waals surface area contributed by atoms with Crippen molar-refractivity contribution in [3.8, 4) is 0 Å². The molecule has 3 heterocycles. The topological polar surface area (TPSA) is 144 Å². The smallest absolute Gasteiger partial charge is 0.280 e. The predicted molar refractivity (Wildman–Crippen MR) is 149 cm³/mol. The molecule has 39 heavy (non-hydrogen) atoms. The summed E-state index contributed by atoms with van der Waals surface area (Å²) >= 11 is 6.45. The number of nitrogens with one attached hydrogen (secondary N) is 3.